The molecule has 1 N–H and O–H groups in total. The van der Waals surface area contributed by atoms with Crippen LogP contribution in [0.5, 0.6) is 0 Å². The van der Waals surface area contributed by atoms with Gasteiger partial charge < -0.3 is 5.32 Å². The number of aromatic nitrogens is 2. The molecule has 1 amide bonds. The summed E-state index contributed by atoms with van der Waals surface area (Å²) in [6.45, 7) is 4.93. The first-order chi connectivity index (χ1) is 11.6. The number of nitrogens with zero attached hydrogens (tertiary/aromatic N) is 2. The molecule has 2 aromatic rings. The van der Waals surface area contributed by atoms with Gasteiger partial charge in [0.25, 0.3) is 11.5 Å². The number of carbonyl (C=O) groups excluding carboxylic acids is 1. The van der Waals surface area contributed by atoms with Crippen molar-refractivity contribution in [3.05, 3.63) is 38.8 Å². The van der Waals surface area contributed by atoms with E-state index in [1.807, 2.05) is 13.8 Å². The van der Waals surface area contributed by atoms with Crippen molar-refractivity contribution < 1.29 is 4.79 Å². The second-order valence-corrected chi connectivity index (χ2v) is 7.37. The first-order valence-electron chi connectivity index (χ1n) is 8.56. The van der Waals surface area contributed by atoms with Crippen LogP contribution in [-0.4, -0.2) is 22.0 Å². The zero-order valence-corrected chi connectivity index (χ0v) is 15.0. The molecule has 1 aliphatic rings. The maximum absolute atomic E-state index is 12.6. The predicted molar refractivity (Wildman–Crippen MR) is 97.8 cm³/mol. The molecular weight excluding hydrogens is 322 g/mol. The van der Waals surface area contributed by atoms with Crippen LogP contribution < -0.4 is 10.9 Å². The highest BCUT2D eigenvalue weighted by Crippen LogP contribution is 2.26. The zero-order chi connectivity index (χ0) is 17.1. The molecule has 0 unspecified atom stereocenters. The van der Waals surface area contributed by atoms with E-state index >= 15 is 0 Å². The Kier molecular flexibility index (Phi) is 5.14. The normalized spacial score (nSPS) is 14.7. The van der Waals surface area contributed by atoms with Crippen LogP contribution in [0, 0.1) is 6.92 Å². The Morgan fingerprint density at radius 1 is 1.42 bits per heavy atom. The van der Waals surface area contributed by atoms with Crippen molar-refractivity contribution in [1.29, 1.82) is 0 Å². The van der Waals surface area contributed by atoms with Gasteiger partial charge in [-0.2, -0.15) is 0 Å². The fourth-order valence-corrected chi connectivity index (χ4v) is 4.17. The van der Waals surface area contributed by atoms with Crippen molar-refractivity contribution in [3.63, 3.8) is 0 Å². The van der Waals surface area contributed by atoms with Crippen molar-refractivity contribution in [2.24, 2.45) is 0 Å². The Morgan fingerprint density at radius 3 is 2.96 bits per heavy atom. The number of nitrogens with one attached hydrogen (secondary N) is 1. The molecule has 0 atom stereocenters. The standard InChI is InChI=1S/C18H23N3O2S/c1-3-21-11-20-17-15(18(21)23)14(12(2)24-17)16(22)19-10-9-13-7-5-4-6-8-13/h7,11H,3-6,8-10H2,1-2H3,(H,19,22). The maximum atomic E-state index is 12.6. The molecule has 0 saturated heterocycles. The molecule has 0 radical (unpaired) electrons. The van der Waals surface area contributed by atoms with Gasteiger partial charge in [-0.1, -0.05) is 11.6 Å². The Balaban J connectivity index is 1.80. The molecule has 0 aromatic carbocycles. The predicted octanol–water partition coefficient (Wildman–Crippen LogP) is 3.41. The van der Waals surface area contributed by atoms with Crippen LogP contribution in [0.4, 0.5) is 0 Å². The average Bonchev–Trinajstić information content (AvgIpc) is 2.93. The minimum atomic E-state index is -0.164. The van der Waals surface area contributed by atoms with Gasteiger partial charge in [-0.15, -0.1) is 11.3 Å². The van der Waals surface area contributed by atoms with Gasteiger partial charge in [0.1, 0.15) is 4.83 Å². The number of hydrogen-bond donors (Lipinski definition) is 1. The van der Waals surface area contributed by atoms with E-state index in [0.717, 1.165) is 24.1 Å². The van der Waals surface area contributed by atoms with E-state index in [-0.39, 0.29) is 11.5 Å². The van der Waals surface area contributed by atoms with Crippen molar-refractivity contribution >= 4 is 27.5 Å². The van der Waals surface area contributed by atoms with Gasteiger partial charge >= 0.3 is 0 Å². The van der Waals surface area contributed by atoms with Crippen molar-refractivity contribution in [1.82, 2.24) is 14.9 Å². The topological polar surface area (TPSA) is 64.0 Å². The summed E-state index contributed by atoms with van der Waals surface area (Å²) >= 11 is 1.41. The summed E-state index contributed by atoms with van der Waals surface area (Å²) in [7, 11) is 0. The third-order valence-electron chi connectivity index (χ3n) is 4.54. The van der Waals surface area contributed by atoms with Crippen molar-refractivity contribution in [3.8, 4) is 0 Å². The van der Waals surface area contributed by atoms with Gasteiger partial charge in [0.15, 0.2) is 0 Å². The number of hydrogen-bond acceptors (Lipinski definition) is 4. The van der Waals surface area contributed by atoms with E-state index in [1.165, 1.54) is 34.3 Å². The Bertz CT molecular complexity index is 848. The fraction of sp³-hybridized carbons (Fsp3) is 0.500. The molecule has 128 valence electrons. The summed E-state index contributed by atoms with van der Waals surface area (Å²) in [5.74, 6) is -0.164. The molecule has 5 nitrogen and oxygen atoms in total. The van der Waals surface area contributed by atoms with Gasteiger partial charge in [0, 0.05) is 18.0 Å². The van der Waals surface area contributed by atoms with Crippen LogP contribution in [0.3, 0.4) is 0 Å². The quantitative estimate of drug-likeness (QED) is 0.845. The number of rotatable bonds is 5. The lowest BCUT2D eigenvalue weighted by Crippen LogP contribution is -2.27. The molecule has 0 bridgehead atoms. The largest absolute Gasteiger partial charge is 0.352 e. The molecule has 24 heavy (non-hydrogen) atoms. The number of allylic oxidation sites excluding steroid dienone is 1. The van der Waals surface area contributed by atoms with Crippen molar-refractivity contribution in [2.75, 3.05) is 6.54 Å². The number of thiophene rings is 1. The summed E-state index contributed by atoms with van der Waals surface area (Å²) < 4.78 is 1.54. The molecule has 1 aliphatic carbocycles. The number of fused-ring (bicyclic) bond motifs is 1. The van der Waals surface area contributed by atoms with Crippen LogP contribution in [0.2, 0.25) is 0 Å². The molecule has 6 heteroatoms. The highest BCUT2D eigenvalue weighted by molar-refractivity contribution is 7.19. The third kappa shape index (κ3) is 3.29. The van der Waals surface area contributed by atoms with Crippen molar-refractivity contribution in [2.45, 2.75) is 52.5 Å². The zero-order valence-electron chi connectivity index (χ0n) is 14.2. The van der Waals surface area contributed by atoms with Gasteiger partial charge in [-0.05, 0) is 46.0 Å². The minimum Gasteiger partial charge on any atom is -0.352 e. The van der Waals surface area contributed by atoms with Gasteiger partial charge in [0.2, 0.25) is 0 Å². The van der Waals surface area contributed by atoms with Gasteiger partial charge in [0.05, 0.1) is 17.3 Å². The molecule has 0 saturated carbocycles. The summed E-state index contributed by atoms with van der Waals surface area (Å²) in [4.78, 5) is 31.0. The van der Waals surface area contributed by atoms with Crippen LogP contribution in [-0.2, 0) is 6.54 Å². The lowest BCUT2D eigenvalue weighted by Gasteiger charge is -2.13. The van der Waals surface area contributed by atoms with E-state index in [0.29, 0.717) is 28.9 Å². The second kappa shape index (κ2) is 7.30. The van der Waals surface area contributed by atoms with E-state index in [9.17, 15) is 9.59 Å². The lowest BCUT2D eigenvalue weighted by atomic mass is 9.97. The SMILES string of the molecule is CCn1cnc2sc(C)c(C(=O)NCCC3=CCCCC3)c2c1=O. The van der Waals surface area contributed by atoms with Gasteiger partial charge in [-0.3, -0.25) is 14.2 Å². The van der Waals surface area contributed by atoms with E-state index < -0.39 is 0 Å². The molecule has 0 aliphatic heterocycles. The lowest BCUT2D eigenvalue weighted by molar-refractivity contribution is 0.0955. The summed E-state index contributed by atoms with van der Waals surface area (Å²) in [6.07, 6.45) is 9.55. The number of carbonyl (C=O) groups is 1. The molecular formula is C18H23N3O2S. The second-order valence-electron chi connectivity index (χ2n) is 6.16. The van der Waals surface area contributed by atoms with Gasteiger partial charge in [-0.25, -0.2) is 4.98 Å². The average molecular weight is 345 g/mol. The van der Waals surface area contributed by atoms with E-state index in [1.54, 1.807) is 6.33 Å². The maximum Gasteiger partial charge on any atom is 0.262 e. The number of aryl methyl sites for hydroxylation is 2. The Hall–Kier alpha value is -1.95. The molecule has 0 spiro atoms. The van der Waals surface area contributed by atoms with Crippen LogP contribution in [0.25, 0.3) is 10.2 Å². The highest BCUT2D eigenvalue weighted by Gasteiger charge is 2.20. The first-order valence-corrected chi connectivity index (χ1v) is 9.38. The number of amides is 1. The fourth-order valence-electron chi connectivity index (χ4n) is 3.19. The minimum absolute atomic E-state index is 0.132. The summed E-state index contributed by atoms with van der Waals surface area (Å²) in [5.41, 5.74) is 1.79. The Labute approximate surface area is 145 Å². The molecule has 3 rings (SSSR count). The molecule has 2 heterocycles. The smallest absolute Gasteiger partial charge is 0.262 e. The van der Waals surface area contributed by atoms with E-state index in [4.69, 9.17) is 0 Å². The van der Waals surface area contributed by atoms with Crippen LogP contribution in [0.15, 0.2) is 22.8 Å². The van der Waals surface area contributed by atoms with E-state index in [2.05, 4.69) is 16.4 Å². The van der Waals surface area contributed by atoms with Crippen LogP contribution >= 0.6 is 11.3 Å². The summed E-state index contributed by atoms with van der Waals surface area (Å²) in [5, 5.41) is 3.44. The first kappa shape index (κ1) is 16.9. The Morgan fingerprint density at radius 2 is 2.25 bits per heavy atom. The van der Waals surface area contributed by atoms with Crippen LogP contribution in [0.1, 0.15) is 54.3 Å². The molecule has 2 aromatic heterocycles. The monoisotopic (exact) mass is 345 g/mol. The molecule has 0 fully saturated rings. The summed E-state index contributed by atoms with van der Waals surface area (Å²) in [6, 6.07) is 0. The highest BCUT2D eigenvalue weighted by atomic mass is 32.1. The third-order valence-corrected chi connectivity index (χ3v) is 5.55.